The van der Waals surface area contributed by atoms with Crippen LogP contribution in [0, 0.1) is 11.8 Å². The second-order valence-corrected chi connectivity index (χ2v) is 12.8. The molecule has 2 aliphatic rings. The normalized spacial score (nSPS) is 18.2. The number of amides is 2. The lowest BCUT2D eigenvalue weighted by Crippen LogP contribution is -2.30. The minimum atomic E-state index is -0.633. The van der Waals surface area contributed by atoms with Crippen LogP contribution >= 0.6 is 31.9 Å². The maximum atomic E-state index is 13.5. The summed E-state index contributed by atoms with van der Waals surface area (Å²) in [5, 5.41) is 0.614. The maximum Gasteiger partial charge on any atom is 0.339 e. The molecule has 1 aliphatic heterocycles. The van der Waals surface area contributed by atoms with Crippen LogP contribution in [-0.2, 0) is 20.7 Å². The molecule has 0 spiro atoms. The summed E-state index contributed by atoms with van der Waals surface area (Å²) in [6.07, 6.45) is 4.15. The zero-order valence-electron chi connectivity index (χ0n) is 23.4. The van der Waals surface area contributed by atoms with Gasteiger partial charge >= 0.3 is 5.97 Å². The van der Waals surface area contributed by atoms with Crippen molar-refractivity contribution in [3.8, 4) is 11.3 Å². The van der Waals surface area contributed by atoms with Crippen LogP contribution in [0.3, 0.4) is 0 Å². The zero-order valence-corrected chi connectivity index (χ0v) is 26.6. The molecule has 2 fully saturated rings. The molecule has 2 amide bonds. The molecule has 6 rings (SSSR count). The van der Waals surface area contributed by atoms with Gasteiger partial charge in [-0.1, -0.05) is 75.9 Å². The van der Waals surface area contributed by atoms with Crippen LogP contribution in [0.25, 0.3) is 22.2 Å². The van der Waals surface area contributed by atoms with Gasteiger partial charge in [-0.15, -0.1) is 0 Å². The number of carbonyl (C=O) groups excluding carboxylic acids is 4. The van der Waals surface area contributed by atoms with Crippen molar-refractivity contribution in [2.75, 3.05) is 11.5 Å². The first-order chi connectivity index (χ1) is 20.7. The van der Waals surface area contributed by atoms with E-state index in [2.05, 4.69) is 31.9 Å². The molecule has 0 N–H and O–H groups in total. The smallest absolute Gasteiger partial charge is 0.339 e. The van der Waals surface area contributed by atoms with Crippen molar-refractivity contribution in [1.29, 1.82) is 0 Å². The average Bonchev–Trinajstić information content (AvgIpc) is 3.28. The van der Waals surface area contributed by atoms with Gasteiger partial charge in [0.25, 0.3) is 0 Å². The van der Waals surface area contributed by atoms with Gasteiger partial charge in [0.2, 0.25) is 11.8 Å². The quantitative estimate of drug-likeness (QED) is 0.111. The lowest BCUT2D eigenvalue weighted by atomic mass is 9.81. The van der Waals surface area contributed by atoms with Crippen LogP contribution in [0.15, 0.2) is 75.7 Å². The van der Waals surface area contributed by atoms with E-state index >= 15 is 0 Å². The first-order valence-electron chi connectivity index (χ1n) is 14.3. The molecule has 0 bridgehead atoms. The van der Waals surface area contributed by atoms with E-state index in [0.717, 1.165) is 40.2 Å². The van der Waals surface area contributed by atoms with Crippen molar-refractivity contribution in [2.45, 2.75) is 39.0 Å². The SMILES string of the molecule is CCc1cc(Br)cc2c(C(=O)OCC(=O)c3ccc(Br)cc3)cc(-c3ccc(N4C(=O)C5CCCCC5C4=O)cc3)nc12. The molecule has 9 heteroatoms. The number of aryl methyl sites for hydroxylation is 1. The molecule has 0 radical (unpaired) electrons. The van der Waals surface area contributed by atoms with Crippen molar-refractivity contribution in [3.63, 3.8) is 0 Å². The average molecular weight is 704 g/mol. The Kier molecular flexibility index (Phi) is 8.29. The highest BCUT2D eigenvalue weighted by molar-refractivity contribution is 9.10. The van der Waals surface area contributed by atoms with Gasteiger partial charge in [-0.3, -0.25) is 19.3 Å². The van der Waals surface area contributed by atoms with Gasteiger partial charge < -0.3 is 4.74 Å². The lowest BCUT2D eigenvalue weighted by molar-refractivity contribution is -0.122. The van der Waals surface area contributed by atoms with E-state index in [4.69, 9.17) is 9.72 Å². The Hall–Kier alpha value is -3.69. The summed E-state index contributed by atoms with van der Waals surface area (Å²) in [4.78, 5) is 58.6. The summed E-state index contributed by atoms with van der Waals surface area (Å²) in [5.41, 5.74) is 4.13. The summed E-state index contributed by atoms with van der Waals surface area (Å²) >= 11 is 6.90. The van der Waals surface area contributed by atoms with E-state index < -0.39 is 12.6 Å². The van der Waals surface area contributed by atoms with E-state index in [9.17, 15) is 19.2 Å². The molecule has 1 saturated heterocycles. The summed E-state index contributed by atoms with van der Waals surface area (Å²) in [6, 6.07) is 19.4. The number of pyridine rings is 1. The number of hydrogen-bond acceptors (Lipinski definition) is 6. The van der Waals surface area contributed by atoms with Gasteiger partial charge in [-0.2, -0.15) is 0 Å². The van der Waals surface area contributed by atoms with E-state index in [-0.39, 0.29) is 35.0 Å². The minimum absolute atomic E-state index is 0.118. The highest BCUT2D eigenvalue weighted by Crippen LogP contribution is 2.40. The Labute approximate surface area is 265 Å². The fourth-order valence-electron chi connectivity index (χ4n) is 6.07. The fraction of sp³-hybridized carbons (Fsp3) is 0.265. The van der Waals surface area contributed by atoms with Crippen molar-refractivity contribution in [2.24, 2.45) is 11.8 Å². The Balaban J connectivity index is 1.32. The Morgan fingerprint density at radius 2 is 1.53 bits per heavy atom. The van der Waals surface area contributed by atoms with Crippen molar-refractivity contribution < 1.29 is 23.9 Å². The molecule has 3 aromatic carbocycles. The van der Waals surface area contributed by atoms with Gasteiger partial charge in [0.05, 0.1) is 34.3 Å². The number of anilines is 1. The van der Waals surface area contributed by atoms with Gasteiger partial charge in [-0.05, 0) is 67.3 Å². The largest absolute Gasteiger partial charge is 0.454 e. The number of ether oxygens (including phenoxy) is 1. The number of Topliss-reactive ketones (excluding diaryl/α,β-unsaturated/α-hetero) is 1. The number of halogens is 2. The molecule has 43 heavy (non-hydrogen) atoms. The Bertz CT molecular complexity index is 1740. The molecule has 4 aromatic rings. The molecular weight excluding hydrogens is 676 g/mol. The predicted molar refractivity (Wildman–Crippen MR) is 171 cm³/mol. The summed E-state index contributed by atoms with van der Waals surface area (Å²) in [5.74, 6) is -1.62. The molecule has 2 heterocycles. The van der Waals surface area contributed by atoms with Gasteiger partial charge in [-0.25, -0.2) is 9.78 Å². The number of ketones is 1. The number of benzene rings is 3. The van der Waals surface area contributed by atoms with Crippen molar-refractivity contribution >= 4 is 72.0 Å². The summed E-state index contributed by atoms with van der Waals surface area (Å²) < 4.78 is 7.17. The predicted octanol–water partition coefficient (Wildman–Crippen LogP) is 7.71. The van der Waals surface area contributed by atoms with Crippen molar-refractivity contribution in [3.05, 3.63) is 92.4 Å². The second kappa shape index (κ2) is 12.1. The third-order valence-electron chi connectivity index (χ3n) is 8.32. The lowest BCUT2D eigenvalue weighted by Gasteiger charge is -2.19. The van der Waals surface area contributed by atoms with E-state index in [1.54, 1.807) is 42.5 Å². The first kappa shape index (κ1) is 29.4. The maximum absolute atomic E-state index is 13.5. The molecule has 7 nitrogen and oxygen atoms in total. The number of hydrogen-bond donors (Lipinski definition) is 0. The highest BCUT2D eigenvalue weighted by atomic mass is 79.9. The van der Waals surface area contributed by atoms with Crippen LogP contribution in [0.1, 0.15) is 58.9 Å². The molecule has 218 valence electrons. The van der Waals surface area contributed by atoms with E-state index in [0.29, 0.717) is 39.8 Å². The van der Waals surface area contributed by atoms with E-state index in [1.165, 1.54) is 4.90 Å². The monoisotopic (exact) mass is 702 g/mol. The summed E-state index contributed by atoms with van der Waals surface area (Å²) in [7, 11) is 0. The van der Waals surface area contributed by atoms with Crippen LogP contribution in [-0.4, -0.2) is 35.2 Å². The molecule has 1 saturated carbocycles. The third-order valence-corrected chi connectivity index (χ3v) is 9.31. The molecule has 2 atom stereocenters. The topological polar surface area (TPSA) is 93.6 Å². The summed E-state index contributed by atoms with van der Waals surface area (Å²) in [6.45, 7) is 1.61. The number of carbonyl (C=O) groups is 4. The Morgan fingerprint density at radius 1 is 0.884 bits per heavy atom. The van der Waals surface area contributed by atoms with Crippen LogP contribution < -0.4 is 4.90 Å². The number of aromatic nitrogens is 1. The third kappa shape index (κ3) is 5.68. The van der Waals surface area contributed by atoms with Crippen molar-refractivity contribution in [1.82, 2.24) is 4.98 Å². The van der Waals surface area contributed by atoms with E-state index in [1.807, 2.05) is 31.2 Å². The Morgan fingerprint density at radius 3 is 2.16 bits per heavy atom. The van der Waals surface area contributed by atoms with Gasteiger partial charge in [0.15, 0.2) is 12.4 Å². The fourth-order valence-corrected chi connectivity index (χ4v) is 6.84. The van der Waals surface area contributed by atoms with Gasteiger partial charge in [0, 0.05) is 25.5 Å². The molecular formula is C34H28Br2N2O5. The number of imide groups is 1. The number of esters is 1. The number of nitrogens with zero attached hydrogens (tertiary/aromatic N) is 2. The number of fused-ring (bicyclic) bond motifs is 2. The number of rotatable bonds is 7. The standard InChI is InChI=1S/C34H28Br2N2O5/c1-2-19-15-23(36)16-27-28(34(42)43-18-30(39)21-7-11-22(35)12-8-21)17-29(37-31(19)27)20-9-13-24(14-10-20)38-32(40)25-5-3-4-6-26(25)33(38)41/h7-17,25-26H,2-6,18H2,1H3. The second-order valence-electron chi connectivity index (χ2n) is 10.9. The van der Waals surface area contributed by atoms with Crippen LogP contribution in [0.4, 0.5) is 5.69 Å². The first-order valence-corrected chi connectivity index (χ1v) is 15.9. The van der Waals surface area contributed by atoms with Crippen LogP contribution in [0.5, 0.6) is 0 Å². The molecule has 1 aromatic heterocycles. The minimum Gasteiger partial charge on any atom is -0.454 e. The van der Waals surface area contributed by atoms with Gasteiger partial charge in [0.1, 0.15) is 0 Å². The molecule has 1 aliphatic carbocycles. The highest BCUT2D eigenvalue weighted by Gasteiger charge is 2.48. The molecule has 2 unspecified atom stereocenters. The zero-order chi connectivity index (χ0) is 30.2. The van der Waals surface area contributed by atoms with Crippen LogP contribution in [0.2, 0.25) is 0 Å².